The number of nitrogens with one attached hydrogen (secondary N) is 1. The number of rotatable bonds is 2. The summed E-state index contributed by atoms with van der Waals surface area (Å²) in [4.78, 5) is 18.2. The first-order valence-electron chi connectivity index (χ1n) is 9.87. The van der Waals surface area contributed by atoms with Gasteiger partial charge in [-0.25, -0.2) is 0 Å². The highest BCUT2D eigenvalue weighted by atomic mass is 35.5. The molecule has 3 aromatic rings. The zero-order valence-electron chi connectivity index (χ0n) is 16.2. The summed E-state index contributed by atoms with van der Waals surface area (Å²) < 4.78 is 0. The Morgan fingerprint density at radius 2 is 1.93 bits per heavy atom. The molecule has 2 aromatic carbocycles. The van der Waals surface area contributed by atoms with Crippen LogP contribution in [0.1, 0.15) is 30.7 Å². The molecule has 0 radical (unpaired) electrons. The molecule has 3 N–H and O–H groups in total. The number of carbonyl (C=O) groups excluding carboxylic acids is 1. The highest BCUT2D eigenvalue weighted by Crippen LogP contribution is 2.46. The van der Waals surface area contributed by atoms with Crippen LogP contribution >= 0.6 is 11.6 Å². The minimum Gasteiger partial charge on any atom is -0.384 e. The molecular formula is C24H19ClN4O. The Kier molecular flexibility index (Phi) is 4.38. The fraction of sp³-hybridized carbons (Fsp3) is 0.167. The minimum atomic E-state index is -0.458. The van der Waals surface area contributed by atoms with Gasteiger partial charge < -0.3 is 10.7 Å². The molecule has 1 aliphatic heterocycles. The van der Waals surface area contributed by atoms with Crippen molar-refractivity contribution >= 4 is 34.0 Å². The predicted octanol–water partition coefficient (Wildman–Crippen LogP) is 5.13. The summed E-state index contributed by atoms with van der Waals surface area (Å²) >= 11 is 6.06. The Morgan fingerprint density at radius 1 is 1.13 bits per heavy atom. The van der Waals surface area contributed by atoms with Gasteiger partial charge in [-0.05, 0) is 66.3 Å². The second-order valence-electron chi connectivity index (χ2n) is 7.62. The molecule has 0 unspecified atom stereocenters. The molecule has 1 aromatic heterocycles. The Bertz CT molecular complexity index is 1280. The second-order valence-corrected chi connectivity index (χ2v) is 8.05. The zero-order valence-corrected chi connectivity index (χ0v) is 16.9. The Hall–Kier alpha value is -3.49. The topological polar surface area (TPSA) is 85.9 Å². The normalized spacial score (nSPS) is 19.3. The van der Waals surface area contributed by atoms with Crippen molar-refractivity contribution in [3.8, 4) is 6.07 Å². The highest BCUT2D eigenvalue weighted by Gasteiger charge is 2.40. The number of aromatic nitrogens is 1. The van der Waals surface area contributed by atoms with Gasteiger partial charge in [0.2, 0.25) is 0 Å². The molecule has 148 valence electrons. The Balaban J connectivity index is 1.75. The van der Waals surface area contributed by atoms with Gasteiger partial charge in [0.25, 0.3) is 0 Å². The summed E-state index contributed by atoms with van der Waals surface area (Å²) in [5.74, 6) is -0.0114. The number of nitrogens with two attached hydrogens (primary N) is 1. The van der Waals surface area contributed by atoms with Crippen LogP contribution in [0.15, 0.2) is 77.4 Å². The zero-order chi connectivity index (χ0) is 20.8. The van der Waals surface area contributed by atoms with Crippen molar-refractivity contribution in [1.29, 1.82) is 5.26 Å². The molecule has 5 nitrogen and oxygen atoms in total. The first-order chi connectivity index (χ1) is 14.6. The number of hydrogen-bond donors (Lipinski definition) is 2. The SMILES string of the molecule is N#CC1=C(N)N(c2ccc(Cl)cc2)C2=C(C(=O)CCC2)[C@@H]1c1ccc2[nH]ccc2c1. The number of H-pyrrole nitrogens is 1. The van der Waals surface area contributed by atoms with Crippen molar-refractivity contribution in [3.05, 3.63) is 88.0 Å². The molecule has 1 atom stereocenters. The molecule has 0 fully saturated rings. The Morgan fingerprint density at radius 3 is 2.70 bits per heavy atom. The number of aromatic amines is 1. The highest BCUT2D eigenvalue weighted by molar-refractivity contribution is 6.30. The van der Waals surface area contributed by atoms with Crippen LogP contribution in [-0.4, -0.2) is 10.8 Å². The van der Waals surface area contributed by atoms with Gasteiger partial charge in [0, 0.05) is 40.1 Å². The average Bonchev–Trinajstić information content (AvgIpc) is 3.22. The first-order valence-corrected chi connectivity index (χ1v) is 10.2. The number of ketones is 1. The number of allylic oxidation sites excluding steroid dienone is 3. The maximum absolute atomic E-state index is 13.1. The number of nitriles is 1. The fourth-order valence-electron chi connectivity index (χ4n) is 4.56. The van der Waals surface area contributed by atoms with Gasteiger partial charge in [-0.2, -0.15) is 5.26 Å². The van der Waals surface area contributed by atoms with Gasteiger partial charge >= 0.3 is 0 Å². The van der Waals surface area contributed by atoms with E-state index in [1.54, 1.807) is 12.1 Å². The van der Waals surface area contributed by atoms with Crippen LogP contribution in [0.4, 0.5) is 5.69 Å². The average molecular weight is 415 g/mol. The lowest BCUT2D eigenvalue weighted by Crippen LogP contribution is -2.38. The van der Waals surface area contributed by atoms with Crippen molar-refractivity contribution in [3.63, 3.8) is 0 Å². The number of hydrogen-bond acceptors (Lipinski definition) is 4. The molecule has 5 rings (SSSR count). The third kappa shape index (κ3) is 2.80. The summed E-state index contributed by atoms with van der Waals surface area (Å²) in [6.07, 6.45) is 3.85. The number of halogens is 1. The van der Waals surface area contributed by atoms with Crippen molar-refractivity contribution < 1.29 is 4.79 Å². The lowest BCUT2D eigenvalue weighted by Gasteiger charge is -2.39. The van der Waals surface area contributed by atoms with E-state index >= 15 is 0 Å². The third-order valence-electron chi connectivity index (χ3n) is 5.91. The summed E-state index contributed by atoms with van der Waals surface area (Å²) in [6.45, 7) is 0. The number of anilines is 1. The second kappa shape index (κ2) is 7.08. The van der Waals surface area contributed by atoms with Crippen LogP contribution in [0.5, 0.6) is 0 Å². The third-order valence-corrected chi connectivity index (χ3v) is 6.16. The summed E-state index contributed by atoms with van der Waals surface area (Å²) in [7, 11) is 0. The van der Waals surface area contributed by atoms with Gasteiger partial charge in [-0.15, -0.1) is 0 Å². The standard InChI is InChI=1S/C24H19ClN4O/c25-16-5-7-17(8-6-16)29-20-2-1-3-21(30)23(20)22(18(13-26)24(29)27)15-4-9-19-14(12-15)10-11-28-19/h4-12,22,28H,1-3,27H2/t22-/m1/s1. The van der Waals surface area contributed by atoms with E-state index in [-0.39, 0.29) is 5.78 Å². The predicted molar refractivity (Wildman–Crippen MR) is 118 cm³/mol. The number of carbonyl (C=O) groups is 1. The van der Waals surface area contributed by atoms with E-state index in [1.807, 2.05) is 47.5 Å². The van der Waals surface area contributed by atoms with E-state index in [2.05, 4.69) is 11.1 Å². The van der Waals surface area contributed by atoms with Gasteiger partial charge in [-0.1, -0.05) is 17.7 Å². The van der Waals surface area contributed by atoms with Crippen LogP contribution in [0.2, 0.25) is 5.02 Å². The lowest BCUT2D eigenvalue weighted by atomic mass is 9.75. The van der Waals surface area contributed by atoms with Crippen LogP contribution in [0.3, 0.4) is 0 Å². The van der Waals surface area contributed by atoms with Crippen LogP contribution < -0.4 is 10.6 Å². The van der Waals surface area contributed by atoms with E-state index in [9.17, 15) is 10.1 Å². The molecule has 2 heterocycles. The smallest absolute Gasteiger partial charge is 0.161 e. The maximum Gasteiger partial charge on any atom is 0.161 e. The fourth-order valence-corrected chi connectivity index (χ4v) is 4.68. The number of Topliss-reactive ketones (excluding diaryl/α,β-unsaturated/α-hetero) is 1. The van der Waals surface area contributed by atoms with E-state index in [0.29, 0.717) is 28.4 Å². The van der Waals surface area contributed by atoms with Crippen molar-refractivity contribution in [2.24, 2.45) is 5.73 Å². The van der Waals surface area contributed by atoms with E-state index in [4.69, 9.17) is 17.3 Å². The van der Waals surface area contributed by atoms with Crippen molar-refractivity contribution in [1.82, 2.24) is 4.98 Å². The molecule has 0 saturated carbocycles. The summed E-state index contributed by atoms with van der Waals surface area (Å²) in [5, 5.41) is 11.7. The molecule has 0 amide bonds. The molecule has 6 heteroatoms. The first kappa shape index (κ1) is 18.5. The van der Waals surface area contributed by atoms with Gasteiger partial charge in [0.05, 0.1) is 17.6 Å². The lowest BCUT2D eigenvalue weighted by molar-refractivity contribution is -0.116. The molecule has 0 spiro atoms. The van der Waals surface area contributed by atoms with E-state index in [0.717, 1.165) is 40.7 Å². The Labute approximate surface area is 179 Å². The number of nitrogens with zero attached hydrogens (tertiary/aromatic N) is 2. The molecule has 2 aliphatic rings. The minimum absolute atomic E-state index is 0.0784. The van der Waals surface area contributed by atoms with Crippen LogP contribution in [0.25, 0.3) is 10.9 Å². The summed E-state index contributed by atoms with van der Waals surface area (Å²) in [5.41, 5.74) is 11.2. The quantitative estimate of drug-likeness (QED) is 0.608. The molecule has 0 saturated heterocycles. The van der Waals surface area contributed by atoms with Gasteiger partial charge in [-0.3, -0.25) is 9.69 Å². The van der Waals surface area contributed by atoms with E-state index < -0.39 is 5.92 Å². The largest absolute Gasteiger partial charge is 0.384 e. The van der Waals surface area contributed by atoms with E-state index in [1.165, 1.54) is 0 Å². The maximum atomic E-state index is 13.1. The molecular weight excluding hydrogens is 396 g/mol. The number of benzene rings is 2. The van der Waals surface area contributed by atoms with Crippen molar-refractivity contribution in [2.45, 2.75) is 25.2 Å². The monoisotopic (exact) mass is 414 g/mol. The van der Waals surface area contributed by atoms with Gasteiger partial charge in [0.15, 0.2) is 5.78 Å². The van der Waals surface area contributed by atoms with Crippen LogP contribution in [0, 0.1) is 11.3 Å². The van der Waals surface area contributed by atoms with Gasteiger partial charge in [0.1, 0.15) is 5.82 Å². The number of fused-ring (bicyclic) bond motifs is 1. The molecule has 30 heavy (non-hydrogen) atoms. The van der Waals surface area contributed by atoms with Crippen molar-refractivity contribution in [2.75, 3.05) is 4.90 Å². The molecule has 0 bridgehead atoms. The van der Waals surface area contributed by atoms with Crippen LogP contribution in [-0.2, 0) is 4.79 Å². The summed E-state index contributed by atoms with van der Waals surface area (Å²) in [6, 6.07) is 17.6. The molecule has 1 aliphatic carbocycles.